The third-order valence-electron chi connectivity index (χ3n) is 1.74. The highest BCUT2D eigenvalue weighted by Crippen LogP contribution is 2.36. The summed E-state index contributed by atoms with van der Waals surface area (Å²) in [5, 5.41) is 7.29. The van der Waals surface area contributed by atoms with Gasteiger partial charge in [-0.15, -0.1) is 0 Å². The van der Waals surface area contributed by atoms with E-state index in [0.717, 1.165) is 0 Å². The Balaban J connectivity index is 2.05. The lowest BCUT2D eigenvalue weighted by Gasteiger charge is -2.08. The maximum atomic E-state index is 3.98. The lowest BCUT2D eigenvalue weighted by atomic mass is 10.3. The first kappa shape index (κ1) is 8.44. The van der Waals surface area contributed by atoms with Crippen molar-refractivity contribution in [3.8, 4) is 0 Å². The fraction of sp³-hybridized carbons (Fsp3) is 0.222. The van der Waals surface area contributed by atoms with Gasteiger partial charge in [0.25, 0.3) is 0 Å². The summed E-state index contributed by atoms with van der Waals surface area (Å²) in [6, 6.07) is 8.24. The zero-order valence-corrected chi connectivity index (χ0v) is 8.14. The molecular formula is C9H11N3S. The summed E-state index contributed by atoms with van der Waals surface area (Å²) in [5.74, 6) is 0. The van der Waals surface area contributed by atoms with Gasteiger partial charge in [-0.2, -0.15) is 5.10 Å². The predicted octanol–water partition coefficient (Wildman–Crippen LogP) is 2.08. The number of hydrazone groups is 1. The summed E-state index contributed by atoms with van der Waals surface area (Å²) in [6.07, 6.45) is 1.74. The molecule has 0 amide bonds. The lowest BCUT2D eigenvalue weighted by Crippen LogP contribution is -2.25. The monoisotopic (exact) mass is 193 g/mol. The van der Waals surface area contributed by atoms with Gasteiger partial charge in [0.15, 0.2) is 5.50 Å². The van der Waals surface area contributed by atoms with Gasteiger partial charge in [0.05, 0.1) is 5.69 Å². The van der Waals surface area contributed by atoms with Crippen LogP contribution in [0.25, 0.3) is 0 Å². The Morgan fingerprint density at radius 1 is 1.54 bits per heavy atom. The molecule has 1 atom stereocenters. The van der Waals surface area contributed by atoms with Gasteiger partial charge in [-0.05, 0) is 19.1 Å². The molecule has 1 aromatic carbocycles. The third-order valence-corrected chi connectivity index (χ3v) is 2.81. The largest absolute Gasteiger partial charge is 0.355 e. The van der Waals surface area contributed by atoms with Crippen LogP contribution in [0.3, 0.4) is 0 Å². The highest BCUT2D eigenvalue weighted by Gasteiger charge is 2.19. The van der Waals surface area contributed by atoms with E-state index in [2.05, 4.69) is 28.0 Å². The van der Waals surface area contributed by atoms with E-state index in [1.807, 2.05) is 19.1 Å². The standard InChI is InChI=1S/C9H11N3S/c1-2-10-12-9-11-7-5-3-4-6-8(7)13-9/h2-6,9,11-12H,1H3/b10-2+. The van der Waals surface area contributed by atoms with Crippen molar-refractivity contribution in [1.82, 2.24) is 5.43 Å². The third kappa shape index (κ3) is 1.78. The molecule has 0 spiro atoms. The summed E-state index contributed by atoms with van der Waals surface area (Å²) < 4.78 is 0. The number of thioether (sulfide) groups is 1. The van der Waals surface area contributed by atoms with Crippen molar-refractivity contribution < 1.29 is 0 Å². The van der Waals surface area contributed by atoms with Gasteiger partial charge in [-0.1, -0.05) is 23.9 Å². The molecule has 1 aliphatic heterocycles. The molecular weight excluding hydrogens is 182 g/mol. The molecule has 3 nitrogen and oxygen atoms in total. The van der Waals surface area contributed by atoms with Crippen molar-refractivity contribution >= 4 is 23.7 Å². The van der Waals surface area contributed by atoms with Crippen molar-refractivity contribution in [2.45, 2.75) is 17.3 Å². The molecule has 1 aliphatic rings. The Kier molecular flexibility index (Phi) is 2.40. The molecule has 1 unspecified atom stereocenters. The van der Waals surface area contributed by atoms with Crippen molar-refractivity contribution in [2.75, 3.05) is 5.32 Å². The normalized spacial score (nSPS) is 19.9. The summed E-state index contributed by atoms with van der Waals surface area (Å²) in [5.41, 5.74) is 4.34. The molecule has 13 heavy (non-hydrogen) atoms. The van der Waals surface area contributed by atoms with E-state index in [4.69, 9.17) is 0 Å². The molecule has 1 heterocycles. The molecule has 0 saturated carbocycles. The maximum Gasteiger partial charge on any atom is 0.165 e. The molecule has 68 valence electrons. The smallest absolute Gasteiger partial charge is 0.165 e. The first-order chi connectivity index (χ1) is 6.40. The Morgan fingerprint density at radius 2 is 2.38 bits per heavy atom. The van der Waals surface area contributed by atoms with Crippen LogP contribution in [0.4, 0.5) is 5.69 Å². The number of nitrogens with one attached hydrogen (secondary N) is 2. The fourth-order valence-electron chi connectivity index (χ4n) is 1.19. The van der Waals surface area contributed by atoms with E-state index in [1.54, 1.807) is 18.0 Å². The molecule has 0 fully saturated rings. The second-order valence-corrected chi connectivity index (χ2v) is 3.80. The topological polar surface area (TPSA) is 36.4 Å². The number of para-hydroxylation sites is 1. The highest BCUT2D eigenvalue weighted by molar-refractivity contribution is 8.00. The Morgan fingerprint density at radius 3 is 3.15 bits per heavy atom. The van der Waals surface area contributed by atoms with Crippen molar-refractivity contribution in [2.24, 2.45) is 5.10 Å². The molecule has 2 N–H and O–H groups in total. The first-order valence-corrected chi connectivity index (χ1v) is 5.03. The van der Waals surface area contributed by atoms with Crippen LogP contribution in [-0.2, 0) is 0 Å². The first-order valence-electron chi connectivity index (χ1n) is 4.15. The summed E-state index contributed by atoms with van der Waals surface area (Å²) >= 11 is 1.74. The fourth-order valence-corrected chi connectivity index (χ4v) is 2.15. The minimum atomic E-state index is 0.161. The average Bonchev–Trinajstić information content (AvgIpc) is 2.57. The molecule has 2 rings (SSSR count). The Hall–Kier alpha value is -1.16. The van der Waals surface area contributed by atoms with E-state index in [1.165, 1.54) is 10.6 Å². The predicted molar refractivity (Wildman–Crippen MR) is 57.0 cm³/mol. The lowest BCUT2D eigenvalue weighted by molar-refractivity contribution is 0.757. The van der Waals surface area contributed by atoms with Crippen molar-refractivity contribution in [3.05, 3.63) is 24.3 Å². The van der Waals surface area contributed by atoms with E-state index < -0.39 is 0 Å². The molecule has 0 aromatic heterocycles. The van der Waals surface area contributed by atoms with Crippen molar-refractivity contribution in [3.63, 3.8) is 0 Å². The molecule has 0 aliphatic carbocycles. The minimum absolute atomic E-state index is 0.161. The van der Waals surface area contributed by atoms with Gasteiger partial charge < -0.3 is 5.32 Å². The zero-order chi connectivity index (χ0) is 9.10. The van der Waals surface area contributed by atoms with Gasteiger partial charge in [0, 0.05) is 11.1 Å². The van der Waals surface area contributed by atoms with Crippen LogP contribution in [0.1, 0.15) is 6.92 Å². The number of benzene rings is 1. The molecule has 4 heteroatoms. The molecule has 0 bridgehead atoms. The minimum Gasteiger partial charge on any atom is -0.355 e. The van der Waals surface area contributed by atoms with E-state index in [0.29, 0.717) is 0 Å². The van der Waals surface area contributed by atoms with Crippen LogP contribution in [0.2, 0.25) is 0 Å². The van der Waals surface area contributed by atoms with Crippen LogP contribution < -0.4 is 10.7 Å². The van der Waals surface area contributed by atoms with Gasteiger partial charge in [0.1, 0.15) is 0 Å². The summed E-state index contributed by atoms with van der Waals surface area (Å²) in [4.78, 5) is 1.27. The Bertz CT molecular complexity index is 299. The quantitative estimate of drug-likeness (QED) is 0.557. The molecule has 0 saturated heterocycles. The molecule has 0 radical (unpaired) electrons. The van der Waals surface area contributed by atoms with Crippen LogP contribution >= 0.6 is 11.8 Å². The second kappa shape index (κ2) is 3.70. The van der Waals surface area contributed by atoms with E-state index in [9.17, 15) is 0 Å². The zero-order valence-electron chi connectivity index (χ0n) is 7.32. The Labute approximate surface area is 81.6 Å². The van der Waals surface area contributed by atoms with Gasteiger partial charge in [0.2, 0.25) is 0 Å². The number of fused-ring (bicyclic) bond motifs is 1. The molecule has 1 aromatic rings. The number of rotatable bonds is 2. The van der Waals surface area contributed by atoms with Gasteiger partial charge in [-0.25, -0.2) is 0 Å². The number of anilines is 1. The van der Waals surface area contributed by atoms with Gasteiger partial charge in [-0.3, -0.25) is 5.43 Å². The highest BCUT2D eigenvalue weighted by atomic mass is 32.2. The van der Waals surface area contributed by atoms with Crippen LogP contribution in [-0.4, -0.2) is 11.7 Å². The van der Waals surface area contributed by atoms with Crippen LogP contribution in [0, 0.1) is 0 Å². The van der Waals surface area contributed by atoms with E-state index in [-0.39, 0.29) is 5.50 Å². The summed E-state index contributed by atoms with van der Waals surface area (Å²) in [6.45, 7) is 1.89. The van der Waals surface area contributed by atoms with Crippen molar-refractivity contribution in [1.29, 1.82) is 0 Å². The number of nitrogens with zero attached hydrogens (tertiary/aromatic N) is 1. The van der Waals surface area contributed by atoms with Crippen LogP contribution in [0.15, 0.2) is 34.3 Å². The average molecular weight is 193 g/mol. The van der Waals surface area contributed by atoms with Crippen LogP contribution in [0.5, 0.6) is 0 Å². The maximum absolute atomic E-state index is 3.98. The summed E-state index contributed by atoms with van der Waals surface area (Å²) in [7, 11) is 0. The SMILES string of the molecule is C/C=N/NC1Nc2ccccc2S1. The second-order valence-electron chi connectivity index (χ2n) is 2.65. The number of hydrogen-bond donors (Lipinski definition) is 2. The van der Waals surface area contributed by atoms with E-state index >= 15 is 0 Å². The van der Waals surface area contributed by atoms with Gasteiger partial charge >= 0.3 is 0 Å². The number of hydrogen-bond acceptors (Lipinski definition) is 4.